The lowest BCUT2D eigenvalue weighted by molar-refractivity contribution is -0.110. The molecule has 0 aromatic rings. The SMILES string of the molecule is CC[C@H]1CC(Cl)[C@H]2[C@@H]3CCC4CCCC[C@]4(C)[C@H]3CC[C@]12C. The van der Waals surface area contributed by atoms with Crippen LogP contribution >= 0.6 is 11.6 Å². The van der Waals surface area contributed by atoms with E-state index in [0.717, 1.165) is 29.6 Å². The van der Waals surface area contributed by atoms with Crippen molar-refractivity contribution in [2.24, 2.45) is 40.4 Å². The summed E-state index contributed by atoms with van der Waals surface area (Å²) in [5.74, 6) is 4.66. The lowest BCUT2D eigenvalue weighted by atomic mass is 9.45. The Bertz CT molecular complexity index is 432. The minimum absolute atomic E-state index is 0.464. The van der Waals surface area contributed by atoms with Gasteiger partial charge >= 0.3 is 0 Å². The molecule has 0 radical (unpaired) electrons. The highest BCUT2D eigenvalue weighted by Gasteiger charge is 2.61. The van der Waals surface area contributed by atoms with Crippen molar-refractivity contribution < 1.29 is 0 Å². The molecule has 0 aromatic carbocycles. The smallest absolute Gasteiger partial charge is 0.0375 e. The average molecular weight is 323 g/mol. The van der Waals surface area contributed by atoms with Gasteiger partial charge in [0.1, 0.15) is 0 Å². The highest BCUT2D eigenvalue weighted by Crippen LogP contribution is 2.68. The van der Waals surface area contributed by atoms with Crippen LogP contribution in [0.15, 0.2) is 0 Å². The van der Waals surface area contributed by atoms with Crippen molar-refractivity contribution in [1.29, 1.82) is 0 Å². The fourth-order valence-electron chi connectivity index (χ4n) is 8.05. The zero-order valence-corrected chi connectivity index (χ0v) is 15.7. The van der Waals surface area contributed by atoms with Crippen molar-refractivity contribution in [3.05, 3.63) is 0 Å². The first-order chi connectivity index (χ1) is 10.5. The van der Waals surface area contributed by atoms with Crippen LogP contribution in [-0.2, 0) is 0 Å². The van der Waals surface area contributed by atoms with Gasteiger partial charge in [0, 0.05) is 5.38 Å². The number of halogens is 1. The van der Waals surface area contributed by atoms with E-state index in [-0.39, 0.29) is 0 Å². The Kier molecular flexibility index (Phi) is 3.88. The summed E-state index contributed by atoms with van der Waals surface area (Å²) in [6.45, 7) is 7.68. The highest BCUT2D eigenvalue weighted by molar-refractivity contribution is 6.21. The first-order valence-corrected chi connectivity index (χ1v) is 10.6. The molecule has 126 valence electrons. The third-order valence-electron chi connectivity index (χ3n) is 9.20. The van der Waals surface area contributed by atoms with Crippen LogP contribution in [0, 0.1) is 40.4 Å². The Morgan fingerprint density at radius 1 is 0.955 bits per heavy atom. The molecule has 0 amide bonds. The predicted molar refractivity (Wildman–Crippen MR) is 95.1 cm³/mol. The molecule has 4 aliphatic carbocycles. The number of rotatable bonds is 1. The molecule has 1 heteroatoms. The monoisotopic (exact) mass is 322 g/mol. The molecule has 22 heavy (non-hydrogen) atoms. The van der Waals surface area contributed by atoms with Gasteiger partial charge in [0.05, 0.1) is 0 Å². The Hall–Kier alpha value is 0.290. The summed E-state index contributed by atoms with van der Waals surface area (Å²) in [6.07, 6.45) is 14.6. The summed E-state index contributed by atoms with van der Waals surface area (Å²) >= 11 is 6.99. The Morgan fingerprint density at radius 2 is 1.77 bits per heavy atom. The molecule has 4 aliphatic rings. The molecular weight excluding hydrogens is 288 g/mol. The van der Waals surface area contributed by atoms with Crippen LogP contribution in [-0.4, -0.2) is 5.38 Å². The van der Waals surface area contributed by atoms with E-state index >= 15 is 0 Å². The van der Waals surface area contributed by atoms with Crippen molar-refractivity contribution >= 4 is 11.6 Å². The van der Waals surface area contributed by atoms with Gasteiger partial charge in [-0.15, -0.1) is 11.6 Å². The molecule has 0 spiro atoms. The van der Waals surface area contributed by atoms with Crippen molar-refractivity contribution in [2.75, 3.05) is 0 Å². The van der Waals surface area contributed by atoms with E-state index in [1.165, 1.54) is 64.2 Å². The molecule has 8 atom stereocenters. The van der Waals surface area contributed by atoms with Gasteiger partial charge < -0.3 is 0 Å². The maximum absolute atomic E-state index is 6.99. The van der Waals surface area contributed by atoms with Crippen molar-refractivity contribution in [3.8, 4) is 0 Å². The lowest BCUT2D eigenvalue weighted by Crippen LogP contribution is -2.53. The summed E-state index contributed by atoms with van der Waals surface area (Å²) in [6, 6.07) is 0. The third kappa shape index (κ3) is 2.01. The average Bonchev–Trinajstić information content (AvgIpc) is 2.77. The molecule has 4 rings (SSSR count). The molecule has 0 aromatic heterocycles. The molecule has 4 saturated carbocycles. The largest absolute Gasteiger partial charge is 0.123 e. The van der Waals surface area contributed by atoms with Gasteiger partial charge in [0.25, 0.3) is 0 Å². The second-order valence-corrected chi connectivity index (χ2v) is 10.3. The summed E-state index contributed by atoms with van der Waals surface area (Å²) in [7, 11) is 0. The molecule has 0 saturated heterocycles. The molecule has 2 unspecified atom stereocenters. The number of fused-ring (bicyclic) bond motifs is 5. The Labute approximate surface area is 142 Å². The van der Waals surface area contributed by atoms with E-state index in [0.29, 0.717) is 16.2 Å². The van der Waals surface area contributed by atoms with Gasteiger partial charge in [0.15, 0.2) is 0 Å². The highest BCUT2D eigenvalue weighted by atomic mass is 35.5. The summed E-state index contributed by atoms with van der Waals surface area (Å²) in [4.78, 5) is 0. The fourth-order valence-corrected chi connectivity index (χ4v) is 8.74. The van der Waals surface area contributed by atoms with E-state index in [2.05, 4.69) is 20.8 Å². The third-order valence-corrected chi connectivity index (χ3v) is 9.65. The van der Waals surface area contributed by atoms with Crippen molar-refractivity contribution in [1.82, 2.24) is 0 Å². The molecule has 0 aliphatic heterocycles. The van der Waals surface area contributed by atoms with Crippen LogP contribution in [0.2, 0.25) is 0 Å². The molecule has 0 nitrogen and oxygen atoms in total. The van der Waals surface area contributed by atoms with Crippen LogP contribution < -0.4 is 0 Å². The summed E-state index contributed by atoms with van der Waals surface area (Å²) in [5.41, 5.74) is 1.21. The van der Waals surface area contributed by atoms with Crippen LogP contribution in [0.4, 0.5) is 0 Å². The van der Waals surface area contributed by atoms with Gasteiger partial charge in [-0.1, -0.05) is 40.0 Å². The minimum Gasteiger partial charge on any atom is -0.123 e. The first-order valence-electron chi connectivity index (χ1n) is 10.1. The normalized spacial score (nSPS) is 57.8. The maximum Gasteiger partial charge on any atom is 0.0375 e. The van der Waals surface area contributed by atoms with E-state index < -0.39 is 0 Å². The van der Waals surface area contributed by atoms with Crippen LogP contribution in [0.5, 0.6) is 0 Å². The van der Waals surface area contributed by atoms with Crippen LogP contribution in [0.1, 0.15) is 85.0 Å². The number of hydrogen-bond donors (Lipinski definition) is 0. The molecule has 0 N–H and O–H groups in total. The number of alkyl halides is 1. The zero-order valence-electron chi connectivity index (χ0n) is 14.9. The standard InChI is InChI=1S/C21H35Cl/c1-4-14-13-18(22)19-16-9-8-15-7-5-6-11-20(15,2)17(16)10-12-21(14,19)3/h14-19H,4-13H2,1-3H3/t14-,15?,16+,17-,18?,19+,20-,21+/m0/s1. The van der Waals surface area contributed by atoms with Crippen LogP contribution in [0.3, 0.4) is 0 Å². The van der Waals surface area contributed by atoms with E-state index in [1.807, 2.05) is 0 Å². The van der Waals surface area contributed by atoms with Gasteiger partial charge in [-0.2, -0.15) is 0 Å². The van der Waals surface area contributed by atoms with E-state index in [9.17, 15) is 0 Å². The van der Waals surface area contributed by atoms with Gasteiger partial charge in [-0.05, 0) is 85.4 Å². The van der Waals surface area contributed by atoms with E-state index in [1.54, 1.807) is 0 Å². The Balaban J connectivity index is 1.66. The van der Waals surface area contributed by atoms with Gasteiger partial charge in [0.2, 0.25) is 0 Å². The molecule has 0 bridgehead atoms. The van der Waals surface area contributed by atoms with Gasteiger partial charge in [-0.25, -0.2) is 0 Å². The first kappa shape index (κ1) is 15.8. The summed E-state index contributed by atoms with van der Waals surface area (Å²) in [5, 5.41) is 0.464. The maximum atomic E-state index is 6.99. The van der Waals surface area contributed by atoms with Crippen molar-refractivity contribution in [2.45, 2.75) is 90.4 Å². The molecular formula is C21H35Cl. The quantitative estimate of drug-likeness (QED) is 0.473. The zero-order chi connectivity index (χ0) is 15.5. The second-order valence-electron chi connectivity index (χ2n) is 9.72. The predicted octanol–water partition coefficient (Wildman–Crippen LogP) is 6.66. The minimum atomic E-state index is 0.464. The molecule has 4 fully saturated rings. The van der Waals surface area contributed by atoms with Gasteiger partial charge in [-0.3, -0.25) is 0 Å². The summed E-state index contributed by atoms with van der Waals surface area (Å²) < 4.78 is 0. The lowest BCUT2D eigenvalue weighted by Gasteiger charge is -2.60. The fraction of sp³-hybridized carbons (Fsp3) is 1.00. The number of hydrogen-bond acceptors (Lipinski definition) is 0. The van der Waals surface area contributed by atoms with E-state index in [4.69, 9.17) is 11.6 Å². The molecule has 0 heterocycles. The second kappa shape index (κ2) is 5.40. The van der Waals surface area contributed by atoms with Crippen molar-refractivity contribution in [3.63, 3.8) is 0 Å². The Morgan fingerprint density at radius 3 is 2.55 bits per heavy atom. The van der Waals surface area contributed by atoms with Crippen LogP contribution in [0.25, 0.3) is 0 Å². The topological polar surface area (TPSA) is 0 Å².